The molecule has 0 saturated carbocycles. The summed E-state index contributed by atoms with van der Waals surface area (Å²) in [6, 6.07) is 1.64. The first-order valence-electron chi connectivity index (χ1n) is 4.62. The standard InChI is InChI=1S/C10H10F2O4S/c1-17(15,16)8-4-3-7(11)6(10(8)12)2-5-9(13)14/h3-4H,2,5H2,1H3,(H,13,14). The van der Waals surface area contributed by atoms with Crippen LogP contribution in [0.15, 0.2) is 17.0 Å². The van der Waals surface area contributed by atoms with Crippen molar-refractivity contribution in [2.45, 2.75) is 17.7 Å². The Morgan fingerprint density at radius 1 is 1.35 bits per heavy atom. The number of carboxylic acid groups (broad SMARTS) is 1. The minimum absolute atomic E-state index is 0.393. The second-order valence-corrected chi connectivity index (χ2v) is 5.49. The second-order valence-electron chi connectivity index (χ2n) is 3.50. The minimum atomic E-state index is -3.80. The summed E-state index contributed by atoms with van der Waals surface area (Å²) < 4.78 is 49.3. The predicted molar refractivity (Wildman–Crippen MR) is 55.4 cm³/mol. The molecule has 1 aromatic carbocycles. The molecule has 0 unspecified atom stereocenters. The zero-order chi connectivity index (χ0) is 13.2. The lowest BCUT2D eigenvalue weighted by Gasteiger charge is -2.07. The SMILES string of the molecule is CS(=O)(=O)c1ccc(F)c(CCC(=O)O)c1F. The maximum Gasteiger partial charge on any atom is 0.303 e. The first kappa shape index (κ1) is 13.6. The molecule has 0 radical (unpaired) electrons. The van der Waals surface area contributed by atoms with Crippen molar-refractivity contribution in [1.29, 1.82) is 0 Å². The fourth-order valence-corrected chi connectivity index (χ4v) is 2.09. The van der Waals surface area contributed by atoms with E-state index in [9.17, 15) is 22.0 Å². The van der Waals surface area contributed by atoms with Crippen molar-refractivity contribution in [2.75, 3.05) is 6.26 Å². The smallest absolute Gasteiger partial charge is 0.303 e. The number of sulfone groups is 1. The molecule has 0 fully saturated rings. The summed E-state index contributed by atoms with van der Waals surface area (Å²) in [5, 5.41) is 8.42. The Bertz CT molecular complexity index is 552. The number of carboxylic acids is 1. The molecule has 7 heteroatoms. The first-order chi connectivity index (χ1) is 7.73. The van der Waals surface area contributed by atoms with Crippen LogP contribution >= 0.6 is 0 Å². The molecule has 0 aromatic heterocycles. The van der Waals surface area contributed by atoms with E-state index in [1.54, 1.807) is 0 Å². The van der Waals surface area contributed by atoms with Crippen molar-refractivity contribution < 1.29 is 27.1 Å². The van der Waals surface area contributed by atoms with Crippen molar-refractivity contribution in [1.82, 2.24) is 0 Å². The lowest BCUT2D eigenvalue weighted by atomic mass is 10.1. The molecular weight excluding hydrogens is 254 g/mol. The molecule has 94 valence electrons. The molecule has 1 N–H and O–H groups in total. The molecule has 0 bridgehead atoms. The average Bonchev–Trinajstić information content (AvgIpc) is 2.14. The van der Waals surface area contributed by atoms with Crippen LogP contribution in [0.3, 0.4) is 0 Å². The quantitative estimate of drug-likeness (QED) is 0.834. The lowest BCUT2D eigenvalue weighted by molar-refractivity contribution is -0.136. The van der Waals surface area contributed by atoms with Gasteiger partial charge < -0.3 is 5.11 Å². The van der Waals surface area contributed by atoms with Gasteiger partial charge in [0.1, 0.15) is 16.5 Å². The van der Waals surface area contributed by atoms with Crippen molar-refractivity contribution in [3.63, 3.8) is 0 Å². The summed E-state index contributed by atoms with van der Waals surface area (Å²) in [5.41, 5.74) is -0.518. The number of hydrogen-bond donors (Lipinski definition) is 1. The zero-order valence-corrected chi connectivity index (χ0v) is 9.72. The Labute approximate surface area is 96.8 Å². The predicted octanol–water partition coefficient (Wildman–Crippen LogP) is 1.39. The normalized spacial score (nSPS) is 11.5. The van der Waals surface area contributed by atoms with Crippen LogP contribution in [-0.2, 0) is 21.1 Å². The van der Waals surface area contributed by atoms with E-state index in [4.69, 9.17) is 5.11 Å². The van der Waals surface area contributed by atoms with Gasteiger partial charge in [0.15, 0.2) is 9.84 Å². The van der Waals surface area contributed by atoms with Gasteiger partial charge in [-0.3, -0.25) is 4.79 Å². The van der Waals surface area contributed by atoms with Crippen LogP contribution in [0.1, 0.15) is 12.0 Å². The number of halogens is 2. The summed E-state index contributed by atoms with van der Waals surface area (Å²) in [6.07, 6.45) is -0.0677. The Morgan fingerprint density at radius 2 is 1.94 bits per heavy atom. The van der Waals surface area contributed by atoms with E-state index < -0.39 is 50.7 Å². The summed E-state index contributed by atoms with van der Waals surface area (Å²) >= 11 is 0. The van der Waals surface area contributed by atoms with Gasteiger partial charge in [-0.1, -0.05) is 0 Å². The van der Waals surface area contributed by atoms with Crippen LogP contribution < -0.4 is 0 Å². The topological polar surface area (TPSA) is 71.4 Å². The van der Waals surface area contributed by atoms with Crippen molar-refractivity contribution in [3.05, 3.63) is 29.3 Å². The number of benzene rings is 1. The van der Waals surface area contributed by atoms with E-state index in [0.29, 0.717) is 0 Å². The van der Waals surface area contributed by atoms with Gasteiger partial charge in [0.2, 0.25) is 0 Å². The Morgan fingerprint density at radius 3 is 2.41 bits per heavy atom. The molecule has 1 aromatic rings. The second kappa shape index (κ2) is 4.79. The van der Waals surface area contributed by atoms with E-state index in [2.05, 4.69) is 0 Å². The molecule has 0 saturated heterocycles. The van der Waals surface area contributed by atoms with E-state index in [1.807, 2.05) is 0 Å². The van der Waals surface area contributed by atoms with Gasteiger partial charge in [-0.15, -0.1) is 0 Å². The largest absolute Gasteiger partial charge is 0.481 e. The van der Waals surface area contributed by atoms with Gasteiger partial charge in [-0.25, -0.2) is 17.2 Å². The summed E-state index contributed by atoms with van der Waals surface area (Å²) in [4.78, 5) is 9.69. The molecule has 0 atom stereocenters. The molecule has 0 amide bonds. The number of aliphatic carboxylic acids is 1. The van der Waals surface area contributed by atoms with Gasteiger partial charge in [0.05, 0.1) is 0 Å². The molecular formula is C10H10F2O4S. The molecule has 0 heterocycles. The fraction of sp³-hybridized carbons (Fsp3) is 0.300. The highest BCUT2D eigenvalue weighted by Crippen LogP contribution is 2.22. The van der Waals surface area contributed by atoms with Gasteiger partial charge in [-0.05, 0) is 18.6 Å². The molecule has 17 heavy (non-hydrogen) atoms. The van der Waals surface area contributed by atoms with Gasteiger partial charge >= 0.3 is 5.97 Å². The first-order valence-corrected chi connectivity index (χ1v) is 6.51. The van der Waals surface area contributed by atoms with Crippen molar-refractivity contribution >= 4 is 15.8 Å². The van der Waals surface area contributed by atoms with Gasteiger partial charge in [-0.2, -0.15) is 0 Å². The number of hydrogen-bond acceptors (Lipinski definition) is 3. The van der Waals surface area contributed by atoms with Crippen LogP contribution in [0, 0.1) is 11.6 Å². The third kappa shape index (κ3) is 3.23. The lowest BCUT2D eigenvalue weighted by Crippen LogP contribution is -2.07. The maximum absolute atomic E-state index is 13.7. The highest BCUT2D eigenvalue weighted by Gasteiger charge is 2.20. The monoisotopic (exact) mass is 264 g/mol. The third-order valence-electron chi connectivity index (χ3n) is 2.14. The van der Waals surface area contributed by atoms with E-state index in [0.717, 1.165) is 18.4 Å². The summed E-state index contributed by atoms with van der Waals surface area (Å²) in [6.45, 7) is 0. The van der Waals surface area contributed by atoms with Crippen LogP contribution in [0.2, 0.25) is 0 Å². The van der Waals surface area contributed by atoms with Crippen LogP contribution in [0.5, 0.6) is 0 Å². The van der Waals surface area contributed by atoms with E-state index >= 15 is 0 Å². The van der Waals surface area contributed by atoms with E-state index in [-0.39, 0.29) is 0 Å². The summed E-state index contributed by atoms with van der Waals surface area (Å²) in [5.74, 6) is -3.38. The molecule has 0 aliphatic heterocycles. The van der Waals surface area contributed by atoms with Crippen LogP contribution in [0.4, 0.5) is 8.78 Å². The van der Waals surface area contributed by atoms with Crippen LogP contribution in [-0.4, -0.2) is 25.7 Å². The average molecular weight is 264 g/mol. The summed E-state index contributed by atoms with van der Waals surface area (Å²) in [7, 11) is -3.80. The fourth-order valence-electron chi connectivity index (χ4n) is 1.32. The Balaban J connectivity index is 3.25. The Kier molecular flexibility index (Phi) is 3.82. The molecule has 4 nitrogen and oxygen atoms in total. The van der Waals surface area contributed by atoms with Crippen LogP contribution in [0.25, 0.3) is 0 Å². The molecule has 1 rings (SSSR count). The highest BCUT2D eigenvalue weighted by atomic mass is 32.2. The molecule has 0 aliphatic rings. The minimum Gasteiger partial charge on any atom is -0.481 e. The maximum atomic E-state index is 13.7. The Hall–Kier alpha value is -1.50. The number of rotatable bonds is 4. The highest BCUT2D eigenvalue weighted by molar-refractivity contribution is 7.90. The molecule has 0 spiro atoms. The van der Waals surface area contributed by atoms with Crippen molar-refractivity contribution in [2.24, 2.45) is 0 Å². The molecule has 0 aliphatic carbocycles. The number of carbonyl (C=O) groups is 1. The van der Waals surface area contributed by atoms with Crippen molar-refractivity contribution in [3.8, 4) is 0 Å². The van der Waals surface area contributed by atoms with Gasteiger partial charge in [0.25, 0.3) is 0 Å². The zero-order valence-electron chi connectivity index (χ0n) is 8.91. The van der Waals surface area contributed by atoms with E-state index in [1.165, 1.54) is 0 Å². The third-order valence-corrected chi connectivity index (χ3v) is 3.25. The van der Waals surface area contributed by atoms with Gasteiger partial charge in [0, 0.05) is 18.2 Å².